The van der Waals surface area contributed by atoms with Gasteiger partial charge in [0.15, 0.2) is 0 Å². The Morgan fingerprint density at radius 2 is 2.00 bits per heavy atom. The Bertz CT molecular complexity index is 597. The molecule has 2 heterocycles. The number of rotatable bonds is 5. The molecule has 1 amide bonds. The summed E-state index contributed by atoms with van der Waals surface area (Å²) in [6.07, 6.45) is 1.22. The van der Waals surface area contributed by atoms with Crippen LogP contribution in [0.1, 0.15) is 26.7 Å². The largest absolute Gasteiger partial charge is 0.341 e. The SMILES string of the molecule is CC(C)[C@H](N)C(=O)N1CCC(NS(=O)(=O)c2cccs2)CC1.Cl. The van der Waals surface area contributed by atoms with Crippen LogP contribution in [0.5, 0.6) is 0 Å². The number of thiophene rings is 1. The summed E-state index contributed by atoms with van der Waals surface area (Å²) >= 11 is 1.20. The molecule has 0 saturated carbocycles. The molecular formula is C14H24ClN3O3S2. The fraction of sp³-hybridized carbons (Fsp3) is 0.643. The Kier molecular flexibility index (Phi) is 7.47. The maximum Gasteiger partial charge on any atom is 0.250 e. The number of nitrogens with one attached hydrogen (secondary N) is 1. The van der Waals surface area contributed by atoms with Crippen LogP contribution in [-0.4, -0.2) is 44.4 Å². The highest BCUT2D eigenvalue weighted by molar-refractivity contribution is 7.91. The number of amides is 1. The number of halogens is 1. The average Bonchev–Trinajstić information content (AvgIpc) is 3.01. The van der Waals surface area contributed by atoms with E-state index >= 15 is 0 Å². The number of hydrogen-bond acceptors (Lipinski definition) is 5. The Hall–Kier alpha value is -0.670. The lowest BCUT2D eigenvalue weighted by molar-refractivity contribution is -0.134. The number of carbonyl (C=O) groups excluding carboxylic acids is 1. The van der Waals surface area contributed by atoms with Gasteiger partial charge in [0, 0.05) is 19.1 Å². The van der Waals surface area contributed by atoms with Gasteiger partial charge in [0.2, 0.25) is 15.9 Å². The molecule has 9 heteroatoms. The van der Waals surface area contributed by atoms with E-state index in [0.717, 1.165) is 0 Å². The van der Waals surface area contributed by atoms with Crippen LogP contribution in [0.4, 0.5) is 0 Å². The molecule has 0 unspecified atom stereocenters. The van der Waals surface area contributed by atoms with Crippen LogP contribution >= 0.6 is 23.7 Å². The first-order valence-electron chi connectivity index (χ1n) is 7.41. The molecule has 1 aromatic rings. The molecule has 1 atom stereocenters. The summed E-state index contributed by atoms with van der Waals surface area (Å²) in [5, 5.41) is 1.74. The fourth-order valence-corrected chi connectivity index (χ4v) is 4.72. The minimum atomic E-state index is -3.44. The summed E-state index contributed by atoms with van der Waals surface area (Å²) in [6, 6.07) is 2.69. The molecule has 0 spiro atoms. The van der Waals surface area contributed by atoms with Crippen LogP contribution in [0, 0.1) is 5.92 Å². The highest BCUT2D eigenvalue weighted by atomic mass is 35.5. The number of piperidine rings is 1. The van der Waals surface area contributed by atoms with Gasteiger partial charge in [-0.1, -0.05) is 19.9 Å². The van der Waals surface area contributed by atoms with Crippen molar-refractivity contribution in [1.29, 1.82) is 0 Å². The second-order valence-corrected chi connectivity index (χ2v) is 8.81. The third-order valence-electron chi connectivity index (χ3n) is 3.89. The standard InChI is InChI=1S/C14H23N3O3S2.ClH/c1-10(2)13(15)14(18)17-7-5-11(6-8-17)16-22(19,20)12-4-3-9-21-12;/h3-4,9-11,13,16H,5-8,15H2,1-2H3;1H/t13-;/m0./s1. The summed E-state index contributed by atoms with van der Waals surface area (Å²) in [4.78, 5) is 13.9. The molecule has 0 bridgehead atoms. The third kappa shape index (κ3) is 5.15. The third-order valence-corrected chi connectivity index (χ3v) is 6.81. The first-order chi connectivity index (χ1) is 10.3. The van der Waals surface area contributed by atoms with Gasteiger partial charge in [-0.2, -0.15) is 0 Å². The summed E-state index contributed by atoms with van der Waals surface area (Å²) in [6.45, 7) is 4.92. The average molecular weight is 382 g/mol. The van der Waals surface area contributed by atoms with Gasteiger partial charge in [0.1, 0.15) is 4.21 Å². The molecule has 2 rings (SSSR count). The zero-order valence-corrected chi connectivity index (χ0v) is 15.7. The number of carbonyl (C=O) groups is 1. The molecule has 1 aliphatic heterocycles. The summed E-state index contributed by atoms with van der Waals surface area (Å²) in [5.74, 6) is 0.0529. The molecule has 1 saturated heterocycles. The van der Waals surface area contributed by atoms with Gasteiger partial charge in [-0.3, -0.25) is 4.79 Å². The Labute approximate surface area is 147 Å². The van der Waals surface area contributed by atoms with E-state index in [1.54, 1.807) is 22.4 Å². The van der Waals surface area contributed by atoms with Crippen molar-refractivity contribution in [2.75, 3.05) is 13.1 Å². The molecule has 0 aromatic carbocycles. The van der Waals surface area contributed by atoms with Crippen molar-refractivity contribution in [3.05, 3.63) is 17.5 Å². The Morgan fingerprint density at radius 1 is 1.39 bits per heavy atom. The minimum Gasteiger partial charge on any atom is -0.341 e. The van der Waals surface area contributed by atoms with Gasteiger partial charge in [-0.05, 0) is 30.2 Å². The van der Waals surface area contributed by atoms with Crippen LogP contribution < -0.4 is 10.5 Å². The maximum absolute atomic E-state index is 12.2. The number of sulfonamides is 1. The van der Waals surface area contributed by atoms with Gasteiger partial charge >= 0.3 is 0 Å². The predicted octanol–water partition coefficient (Wildman–Crippen LogP) is 1.42. The lowest BCUT2D eigenvalue weighted by atomic mass is 10.0. The van der Waals surface area contributed by atoms with E-state index in [-0.39, 0.29) is 30.3 Å². The van der Waals surface area contributed by atoms with E-state index in [0.29, 0.717) is 30.1 Å². The van der Waals surface area contributed by atoms with Crippen molar-refractivity contribution in [3.63, 3.8) is 0 Å². The van der Waals surface area contributed by atoms with Crippen molar-refractivity contribution >= 4 is 39.7 Å². The molecule has 1 aliphatic rings. The van der Waals surface area contributed by atoms with Crippen LogP contribution in [0.25, 0.3) is 0 Å². The van der Waals surface area contributed by atoms with Gasteiger partial charge in [0.25, 0.3) is 0 Å². The monoisotopic (exact) mass is 381 g/mol. The molecule has 23 heavy (non-hydrogen) atoms. The highest BCUT2D eigenvalue weighted by Crippen LogP contribution is 2.19. The molecule has 3 N–H and O–H groups in total. The molecule has 1 fully saturated rings. The number of nitrogens with two attached hydrogens (primary N) is 1. The second-order valence-electron chi connectivity index (χ2n) is 5.92. The zero-order valence-electron chi connectivity index (χ0n) is 13.3. The van der Waals surface area contributed by atoms with Crippen LogP contribution in [0.2, 0.25) is 0 Å². The highest BCUT2D eigenvalue weighted by Gasteiger charge is 2.29. The summed E-state index contributed by atoms with van der Waals surface area (Å²) in [5.41, 5.74) is 5.89. The molecule has 0 aliphatic carbocycles. The van der Waals surface area contributed by atoms with Crippen LogP contribution in [-0.2, 0) is 14.8 Å². The van der Waals surface area contributed by atoms with E-state index in [9.17, 15) is 13.2 Å². The molecule has 132 valence electrons. The normalized spacial score (nSPS) is 17.8. The number of hydrogen-bond donors (Lipinski definition) is 2. The zero-order chi connectivity index (χ0) is 16.3. The Morgan fingerprint density at radius 3 is 2.48 bits per heavy atom. The molecule has 0 radical (unpaired) electrons. The topological polar surface area (TPSA) is 92.5 Å². The Balaban J connectivity index is 0.00000264. The van der Waals surface area contributed by atoms with E-state index < -0.39 is 16.1 Å². The van der Waals surface area contributed by atoms with Crippen LogP contribution in [0.3, 0.4) is 0 Å². The van der Waals surface area contributed by atoms with Crippen molar-refractivity contribution < 1.29 is 13.2 Å². The molecular weight excluding hydrogens is 358 g/mol. The van der Waals surface area contributed by atoms with E-state index in [2.05, 4.69) is 4.72 Å². The van der Waals surface area contributed by atoms with Gasteiger partial charge in [-0.15, -0.1) is 23.7 Å². The maximum atomic E-state index is 12.2. The molecule has 6 nitrogen and oxygen atoms in total. The quantitative estimate of drug-likeness (QED) is 0.806. The first kappa shape index (κ1) is 20.4. The number of nitrogens with zero attached hydrogens (tertiary/aromatic N) is 1. The summed E-state index contributed by atoms with van der Waals surface area (Å²) in [7, 11) is -3.44. The summed E-state index contributed by atoms with van der Waals surface area (Å²) < 4.78 is 27.4. The van der Waals surface area contributed by atoms with Crippen LogP contribution in [0.15, 0.2) is 21.7 Å². The van der Waals surface area contributed by atoms with Gasteiger partial charge < -0.3 is 10.6 Å². The van der Waals surface area contributed by atoms with Gasteiger partial charge in [0.05, 0.1) is 6.04 Å². The van der Waals surface area contributed by atoms with Crippen molar-refractivity contribution in [3.8, 4) is 0 Å². The van der Waals surface area contributed by atoms with E-state index in [1.165, 1.54) is 11.3 Å². The van der Waals surface area contributed by atoms with E-state index in [4.69, 9.17) is 5.73 Å². The van der Waals surface area contributed by atoms with Crippen molar-refractivity contribution in [2.24, 2.45) is 11.7 Å². The second kappa shape index (κ2) is 8.43. The van der Waals surface area contributed by atoms with Crippen molar-refractivity contribution in [2.45, 2.75) is 43.0 Å². The predicted molar refractivity (Wildman–Crippen MR) is 94.3 cm³/mol. The fourth-order valence-electron chi connectivity index (χ4n) is 2.41. The first-order valence-corrected chi connectivity index (χ1v) is 9.77. The number of likely N-dealkylation sites (tertiary alicyclic amines) is 1. The molecule has 1 aromatic heterocycles. The minimum absolute atomic E-state index is 0. The van der Waals surface area contributed by atoms with Crippen molar-refractivity contribution in [1.82, 2.24) is 9.62 Å². The lowest BCUT2D eigenvalue weighted by Crippen LogP contribution is -2.52. The smallest absolute Gasteiger partial charge is 0.250 e. The van der Waals surface area contributed by atoms with Gasteiger partial charge in [-0.25, -0.2) is 13.1 Å². The lowest BCUT2D eigenvalue weighted by Gasteiger charge is -2.34. The van der Waals surface area contributed by atoms with E-state index in [1.807, 2.05) is 13.8 Å².